The van der Waals surface area contributed by atoms with Crippen molar-refractivity contribution in [2.24, 2.45) is 0 Å². The van der Waals surface area contributed by atoms with Crippen molar-refractivity contribution in [2.45, 2.75) is 17.6 Å². The minimum Gasteiger partial charge on any atom is -0.309 e. The van der Waals surface area contributed by atoms with E-state index < -0.39 is 10.0 Å². The largest absolute Gasteiger partial charge is 0.309 e. The van der Waals surface area contributed by atoms with Crippen molar-refractivity contribution in [1.29, 1.82) is 0 Å². The monoisotopic (exact) mass is 447 g/mol. The minimum absolute atomic E-state index is 0.308. The van der Waals surface area contributed by atoms with Crippen molar-refractivity contribution in [1.82, 2.24) is 9.58 Å². The van der Waals surface area contributed by atoms with Crippen LogP contribution in [-0.2, 0) is 16.4 Å². The topological polar surface area (TPSA) is 54.3 Å². The second-order valence-electron chi connectivity index (χ2n) is 7.34. The molecule has 0 saturated carbocycles. The molecule has 0 aliphatic rings. The second kappa shape index (κ2) is 7.65. The lowest BCUT2D eigenvalue weighted by atomic mass is 10.1. The van der Waals surface area contributed by atoms with Gasteiger partial charge in [-0.05, 0) is 68.2 Å². The molecule has 0 radical (unpaired) electrons. The maximum atomic E-state index is 13.2. The Kier molecular flexibility index (Phi) is 5.33. The number of nitrogens with zero attached hydrogens (tertiary/aromatic N) is 2. The maximum Gasteiger partial charge on any atom is 0.285 e. The molecule has 8 heteroatoms. The first-order valence-electron chi connectivity index (χ1n) is 9.21. The van der Waals surface area contributed by atoms with Crippen LogP contribution in [0.2, 0.25) is 5.02 Å². The number of halogens is 1. The Morgan fingerprint density at radius 3 is 2.66 bits per heavy atom. The van der Waals surface area contributed by atoms with Crippen LogP contribution in [0.25, 0.3) is 21.0 Å². The van der Waals surface area contributed by atoms with E-state index in [2.05, 4.69) is 9.73 Å². The first-order chi connectivity index (χ1) is 13.8. The lowest BCUT2D eigenvalue weighted by Crippen LogP contribution is -2.22. The van der Waals surface area contributed by atoms with Crippen molar-refractivity contribution in [3.8, 4) is 0 Å². The third kappa shape index (κ3) is 3.88. The molecule has 0 aliphatic carbocycles. The van der Waals surface area contributed by atoms with E-state index in [1.807, 2.05) is 63.6 Å². The van der Waals surface area contributed by atoms with E-state index in [4.69, 9.17) is 11.6 Å². The average Bonchev–Trinajstić information content (AvgIpc) is 3.18. The Balaban J connectivity index is 1.75. The Hall–Kier alpha value is -2.06. The zero-order valence-corrected chi connectivity index (χ0v) is 18.8. The van der Waals surface area contributed by atoms with Gasteiger partial charge in [-0.3, -0.25) is 4.68 Å². The fourth-order valence-electron chi connectivity index (χ4n) is 3.47. The molecule has 0 amide bonds. The van der Waals surface area contributed by atoms with Crippen LogP contribution in [-0.4, -0.2) is 38.6 Å². The summed E-state index contributed by atoms with van der Waals surface area (Å²) in [5.74, 6) is 0. The van der Waals surface area contributed by atoms with Crippen LogP contribution in [0.3, 0.4) is 0 Å². The van der Waals surface area contributed by atoms with Crippen LogP contribution in [0.5, 0.6) is 0 Å². The maximum absolute atomic E-state index is 13.2. The summed E-state index contributed by atoms with van der Waals surface area (Å²) in [5, 5.41) is 2.51. The van der Waals surface area contributed by atoms with Gasteiger partial charge in [0.05, 0.1) is 5.52 Å². The van der Waals surface area contributed by atoms with Crippen molar-refractivity contribution >= 4 is 54.0 Å². The highest BCUT2D eigenvalue weighted by molar-refractivity contribution is 7.94. The first kappa shape index (κ1) is 20.2. The number of nitrogens with one attached hydrogen (secondary N) is 1. The molecule has 0 bridgehead atoms. The number of aromatic nitrogens is 1. The fourth-order valence-corrected chi connectivity index (χ4v) is 6.39. The van der Waals surface area contributed by atoms with Crippen LogP contribution >= 0.6 is 22.9 Å². The first-order valence-corrected chi connectivity index (χ1v) is 11.9. The highest BCUT2D eigenvalue weighted by Crippen LogP contribution is 2.36. The number of likely N-dealkylation sites (N-methyl/N-ethyl adjacent to an activating group) is 1. The fraction of sp³-hybridized carbons (Fsp3) is 0.238. The number of hydrogen-bond acceptors (Lipinski definition) is 4. The number of thiophene rings is 1. The zero-order chi connectivity index (χ0) is 20.8. The molecule has 2 aromatic heterocycles. The molecule has 2 heterocycles. The zero-order valence-electron chi connectivity index (χ0n) is 16.4. The van der Waals surface area contributed by atoms with Gasteiger partial charge in [0.2, 0.25) is 0 Å². The highest BCUT2D eigenvalue weighted by Gasteiger charge is 2.23. The Bertz CT molecular complexity index is 1310. The molecule has 5 nitrogen and oxygen atoms in total. The smallest absolute Gasteiger partial charge is 0.285 e. The Labute approximate surface area is 179 Å². The molecule has 0 saturated heterocycles. The number of sulfonamides is 1. The van der Waals surface area contributed by atoms with Gasteiger partial charge in [0.25, 0.3) is 10.0 Å². The van der Waals surface area contributed by atoms with Gasteiger partial charge in [-0.1, -0.05) is 29.8 Å². The van der Waals surface area contributed by atoms with Crippen molar-refractivity contribution in [3.63, 3.8) is 0 Å². The molecule has 0 aliphatic heterocycles. The van der Waals surface area contributed by atoms with E-state index in [1.54, 1.807) is 10.7 Å². The molecule has 4 aromatic rings. The standard InChI is InChI=1S/C21H22ClN3O2S2/c1-14-18-12-16(22)8-9-20(18)28-21(14)29(26,27)23-25-13-15(10-11-24(2)3)17-6-4-5-7-19(17)25/h4-9,12-13,23H,10-11H2,1-3H3. The molecule has 29 heavy (non-hydrogen) atoms. The average molecular weight is 448 g/mol. The summed E-state index contributed by atoms with van der Waals surface area (Å²) in [6.07, 6.45) is 2.72. The van der Waals surface area contributed by atoms with E-state index in [1.165, 1.54) is 11.3 Å². The molecule has 1 N–H and O–H groups in total. The number of benzene rings is 2. The third-order valence-corrected chi connectivity index (χ3v) is 8.38. The third-order valence-electron chi connectivity index (χ3n) is 4.94. The summed E-state index contributed by atoms with van der Waals surface area (Å²) < 4.78 is 29.3. The number of hydrogen-bond donors (Lipinski definition) is 1. The summed E-state index contributed by atoms with van der Waals surface area (Å²) in [6, 6.07) is 13.3. The molecule has 0 atom stereocenters. The summed E-state index contributed by atoms with van der Waals surface area (Å²) in [7, 11) is 0.302. The predicted molar refractivity (Wildman–Crippen MR) is 122 cm³/mol. The molecule has 2 aromatic carbocycles. The number of fused-ring (bicyclic) bond motifs is 2. The quantitative estimate of drug-likeness (QED) is 0.459. The summed E-state index contributed by atoms with van der Waals surface area (Å²) >= 11 is 7.35. The molecule has 0 unspecified atom stereocenters. The van der Waals surface area contributed by atoms with Gasteiger partial charge < -0.3 is 4.90 Å². The van der Waals surface area contributed by atoms with E-state index in [0.29, 0.717) is 14.8 Å². The lowest BCUT2D eigenvalue weighted by Gasteiger charge is -2.10. The van der Waals surface area contributed by atoms with E-state index in [9.17, 15) is 8.42 Å². The number of rotatable bonds is 6. The molecule has 4 rings (SSSR count). The Morgan fingerprint density at radius 1 is 1.14 bits per heavy atom. The van der Waals surface area contributed by atoms with Crippen molar-refractivity contribution in [3.05, 3.63) is 64.8 Å². The van der Waals surface area contributed by atoms with Crippen LogP contribution in [0, 0.1) is 6.92 Å². The van der Waals surface area contributed by atoms with Gasteiger partial charge >= 0.3 is 0 Å². The molecule has 152 valence electrons. The van der Waals surface area contributed by atoms with Gasteiger partial charge in [0.15, 0.2) is 0 Å². The SMILES string of the molecule is Cc1c(S(=O)(=O)Nn2cc(CCN(C)C)c3ccccc32)sc2ccc(Cl)cc12. The predicted octanol–water partition coefficient (Wildman–Crippen LogP) is 4.85. The van der Waals surface area contributed by atoms with Crippen molar-refractivity contribution in [2.75, 3.05) is 25.5 Å². The van der Waals surface area contributed by atoms with E-state index in [-0.39, 0.29) is 0 Å². The second-order valence-corrected chi connectivity index (χ2v) is 10.7. The minimum atomic E-state index is -3.75. The van der Waals surface area contributed by atoms with Gasteiger partial charge in [0.1, 0.15) is 4.21 Å². The van der Waals surface area contributed by atoms with E-state index in [0.717, 1.165) is 39.5 Å². The van der Waals surface area contributed by atoms with Gasteiger partial charge in [-0.2, -0.15) is 8.42 Å². The summed E-state index contributed by atoms with van der Waals surface area (Å²) in [6.45, 7) is 2.71. The highest BCUT2D eigenvalue weighted by atomic mass is 35.5. The molecule has 0 spiro atoms. The van der Waals surface area contributed by atoms with Crippen LogP contribution < -0.4 is 4.83 Å². The summed E-state index contributed by atoms with van der Waals surface area (Å²) in [4.78, 5) is 4.87. The summed E-state index contributed by atoms with van der Waals surface area (Å²) in [5.41, 5.74) is 2.66. The normalized spacial score (nSPS) is 12.3. The van der Waals surface area contributed by atoms with Gasteiger partial charge in [-0.15, -0.1) is 11.3 Å². The number of para-hydroxylation sites is 1. The van der Waals surface area contributed by atoms with Gasteiger partial charge in [0, 0.05) is 27.9 Å². The molecular formula is C21H22ClN3O2S2. The van der Waals surface area contributed by atoms with Crippen LogP contribution in [0.1, 0.15) is 11.1 Å². The van der Waals surface area contributed by atoms with Crippen molar-refractivity contribution < 1.29 is 8.42 Å². The molecular weight excluding hydrogens is 426 g/mol. The molecule has 0 fully saturated rings. The van der Waals surface area contributed by atoms with Crippen LogP contribution in [0.4, 0.5) is 0 Å². The van der Waals surface area contributed by atoms with Gasteiger partial charge in [-0.25, -0.2) is 4.83 Å². The Morgan fingerprint density at radius 2 is 1.90 bits per heavy atom. The lowest BCUT2D eigenvalue weighted by molar-refractivity contribution is 0.414. The van der Waals surface area contributed by atoms with E-state index >= 15 is 0 Å². The van der Waals surface area contributed by atoms with Crippen LogP contribution in [0.15, 0.2) is 52.9 Å². The number of aryl methyl sites for hydroxylation is 1.